The smallest absolute Gasteiger partial charge is 0.374 e. The number of halogens is 3. The summed E-state index contributed by atoms with van der Waals surface area (Å²) in [6.07, 6.45) is -0.551. The second kappa shape index (κ2) is 10.9. The third-order valence-corrected chi connectivity index (χ3v) is 7.05. The lowest BCUT2D eigenvalue weighted by Gasteiger charge is -2.40. The minimum atomic E-state index is -4.79. The molecule has 1 aromatic heterocycles. The molecule has 1 aromatic rings. The predicted octanol–water partition coefficient (Wildman–Crippen LogP) is 3.80. The highest BCUT2D eigenvalue weighted by Gasteiger charge is 2.48. The van der Waals surface area contributed by atoms with Crippen molar-refractivity contribution in [3.05, 3.63) is 28.7 Å². The Balaban J connectivity index is 1.73. The fraction of sp³-hybridized carbons (Fsp3) is 0.714. The van der Waals surface area contributed by atoms with Crippen LogP contribution in [0.1, 0.15) is 51.9 Å². The maximum absolute atomic E-state index is 13.4. The number of hydrogen-bond donors (Lipinski definition) is 3. The first-order valence-electron chi connectivity index (χ1n) is 11.3. The lowest BCUT2D eigenvalue weighted by molar-refractivity contribution is -0.199. The van der Waals surface area contributed by atoms with Gasteiger partial charge in [0.05, 0.1) is 24.0 Å². The van der Waals surface area contributed by atoms with Gasteiger partial charge in [0.15, 0.2) is 0 Å². The maximum atomic E-state index is 13.4. The van der Waals surface area contributed by atoms with Crippen LogP contribution in [0.25, 0.3) is 0 Å². The van der Waals surface area contributed by atoms with Crippen molar-refractivity contribution in [3.63, 3.8) is 0 Å². The summed E-state index contributed by atoms with van der Waals surface area (Å²) in [6.45, 7) is 1.34. The summed E-state index contributed by atoms with van der Waals surface area (Å²) in [5.74, 6) is -3.04. The van der Waals surface area contributed by atoms with Gasteiger partial charge < -0.3 is 19.8 Å². The van der Waals surface area contributed by atoms with Gasteiger partial charge in [0.1, 0.15) is 6.73 Å². The second-order valence-corrected chi connectivity index (χ2v) is 10.3. The van der Waals surface area contributed by atoms with E-state index < -0.39 is 56.6 Å². The summed E-state index contributed by atoms with van der Waals surface area (Å²) in [5.41, 5.74) is -0.659. The van der Waals surface area contributed by atoms with Gasteiger partial charge in [-0.1, -0.05) is 19.8 Å². The Kier molecular flexibility index (Phi) is 8.62. The number of nitrogens with zero attached hydrogens (tertiary/aromatic N) is 1. The van der Waals surface area contributed by atoms with Crippen molar-refractivity contribution in [2.45, 2.75) is 77.0 Å². The van der Waals surface area contributed by atoms with Crippen LogP contribution in [0.5, 0.6) is 0 Å². The molecule has 0 radical (unpaired) electrons. The van der Waals surface area contributed by atoms with Gasteiger partial charge in [-0.3, -0.25) is 18.7 Å². The molecule has 2 fully saturated rings. The van der Waals surface area contributed by atoms with Crippen LogP contribution in [0.3, 0.4) is 0 Å². The summed E-state index contributed by atoms with van der Waals surface area (Å²) < 4.78 is 62.4. The monoisotopic (exact) mass is 510 g/mol. The molecule has 0 aliphatic heterocycles. The van der Waals surface area contributed by atoms with Crippen molar-refractivity contribution in [2.24, 2.45) is 17.8 Å². The van der Waals surface area contributed by atoms with Crippen LogP contribution in [0.15, 0.2) is 23.1 Å². The zero-order valence-electron chi connectivity index (χ0n) is 18.7. The number of phosphoric acid groups is 1. The molecule has 2 aliphatic rings. The quantitative estimate of drug-likeness (QED) is 0.476. The minimum Gasteiger partial charge on any atom is -0.374 e. The molecule has 34 heavy (non-hydrogen) atoms. The molecule has 2 aliphatic carbocycles. The molecule has 13 heteroatoms. The number of anilines is 1. The van der Waals surface area contributed by atoms with E-state index in [1.54, 1.807) is 0 Å². The number of pyridine rings is 1. The number of phosphoric ester groups is 1. The Morgan fingerprint density at radius 1 is 1.21 bits per heavy atom. The summed E-state index contributed by atoms with van der Waals surface area (Å²) in [4.78, 5) is 42.7. The predicted molar refractivity (Wildman–Crippen MR) is 116 cm³/mol. The molecule has 192 valence electrons. The minimum absolute atomic E-state index is 0.0568. The SMILES string of the molecule is CC1CCCCC1OC1CCC(C(F)(F)F)CC1C(=O)Nc1ccn(COP(=O)(O)O)c(=O)c1. The van der Waals surface area contributed by atoms with E-state index in [1.165, 1.54) is 6.07 Å². The number of aromatic nitrogens is 1. The van der Waals surface area contributed by atoms with E-state index in [0.717, 1.165) is 42.5 Å². The van der Waals surface area contributed by atoms with Gasteiger partial charge in [0, 0.05) is 18.0 Å². The number of nitrogens with one attached hydrogen (secondary N) is 1. The van der Waals surface area contributed by atoms with E-state index in [1.807, 2.05) is 6.92 Å². The number of carbonyl (C=O) groups is 1. The Bertz CT molecular complexity index is 964. The molecule has 0 aromatic carbocycles. The molecule has 0 spiro atoms. The van der Waals surface area contributed by atoms with E-state index in [4.69, 9.17) is 14.5 Å². The lowest BCUT2D eigenvalue weighted by Crippen LogP contribution is -2.45. The molecule has 1 amide bonds. The van der Waals surface area contributed by atoms with Crippen molar-refractivity contribution < 1.29 is 41.6 Å². The average Bonchev–Trinajstić information content (AvgIpc) is 2.73. The third kappa shape index (κ3) is 7.39. The number of ether oxygens (including phenoxy) is 1. The molecule has 9 nitrogen and oxygen atoms in total. The summed E-state index contributed by atoms with van der Waals surface area (Å²) in [7, 11) is -4.79. The van der Waals surface area contributed by atoms with Crippen molar-refractivity contribution in [2.75, 3.05) is 5.32 Å². The molecule has 5 unspecified atom stereocenters. The molecule has 2 saturated carbocycles. The Morgan fingerprint density at radius 3 is 2.53 bits per heavy atom. The highest BCUT2D eigenvalue weighted by atomic mass is 31.2. The van der Waals surface area contributed by atoms with E-state index in [9.17, 15) is 27.3 Å². The van der Waals surface area contributed by atoms with Crippen LogP contribution >= 0.6 is 7.82 Å². The molecule has 1 heterocycles. The van der Waals surface area contributed by atoms with Gasteiger partial charge in [-0.25, -0.2) is 4.57 Å². The molecular weight excluding hydrogens is 480 g/mol. The first-order valence-corrected chi connectivity index (χ1v) is 12.8. The molecule has 5 atom stereocenters. The Morgan fingerprint density at radius 2 is 1.91 bits per heavy atom. The van der Waals surface area contributed by atoms with Gasteiger partial charge in [0.25, 0.3) is 5.56 Å². The highest BCUT2D eigenvalue weighted by Crippen LogP contribution is 2.42. The van der Waals surface area contributed by atoms with E-state index in [-0.39, 0.29) is 30.6 Å². The third-order valence-electron chi connectivity index (χ3n) is 6.60. The fourth-order valence-electron chi connectivity index (χ4n) is 4.65. The molecule has 3 N–H and O–H groups in total. The molecule has 0 bridgehead atoms. The van der Waals surface area contributed by atoms with Gasteiger partial charge in [-0.05, 0) is 44.1 Å². The fourth-order valence-corrected chi connectivity index (χ4v) is 4.93. The number of hydrogen-bond acceptors (Lipinski definition) is 5. The average molecular weight is 510 g/mol. The lowest BCUT2D eigenvalue weighted by atomic mass is 9.78. The molecule has 0 saturated heterocycles. The zero-order chi connectivity index (χ0) is 25.1. The van der Waals surface area contributed by atoms with Crippen LogP contribution in [0, 0.1) is 17.8 Å². The standard InChI is InChI=1S/C21H30F3N2O7P/c1-13-4-2-3-5-17(13)33-18-7-6-14(21(22,23)24)10-16(18)20(28)25-15-8-9-26(19(27)11-15)12-32-34(29,30)31/h8-9,11,13-14,16-18H,2-7,10,12H2,1H3,(H,25,28)(H2,29,30,31). The van der Waals surface area contributed by atoms with Crippen molar-refractivity contribution >= 4 is 19.4 Å². The van der Waals surface area contributed by atoms with E-state index in [2.05, 4.69) is 9.84 Å². The van der Waals surface area contributed by atoms with Crippen molar-refractivity contribution in [1.29, 1.82) is 0 Å². The summed E-state index contributed by atoms with van der Waals surface area (Å²) >= 11 is 0. The first kappa shape index (κ1) is 26.9. The number of rotatable bonds is 7. The van der Waals surface area contributed by atoms with Crippen LogP contribution in [-0.2, 0) is 25.4 Å². The first-order chi connectivity index (χ1) is 15.8. The summed E-state index contributed by atoms with van der Waals surface area (Å²) in [5, 5.41) is 2.51. The maximum Gasteiger partial charge on any atom is 0.471 e. The Hall–Kier alpha value is -1.72. The van der Waals surface area contributed by atoms with Crippen molar-refractivity contribution in [1.82, 2.24) is 4.57 Å². The number of alkyl halides is 3. The van der Waals surface area contributed by atoms with Gasteiger partial charge in [-0.15, -0.1) is 0 Å². The highest BCUT2D eigenvalue weighted by molar-refractivity contribution is 7.46. The van der Waals surface area contributed by atoms with Crippen LogP contribution in [0.4, 0.5) is 18.9 Å². The number of amides is 1. The van der Waals surface area contributed by atoms with Gasteiger partial charge in [0.2, 0.25) is 5.91 Å². The normalized spacial score (nSPS) is 28.5. The zero-order valence-corrected chi connectivity index (χ0v) is 19.6. The van der Waals surface area contributed by atoms with Crippen LogP contribution in [-0.4, -0.2) is 38.6 Å². The second-order valence-electron chi connectivity index (χ2n) is 9.09. The Labute approximate surface area is 194 Å². The van der Waals surface area contributed by atoms with Gasteiger partial charge in [-0.2, -0.15) is 13.2 Å². The topological polar surface area (TPSA) is 127 Å². The van der Waals surface area contributed by atoms with Crippen LogP contribution in [0.2, 0.25) is 0 Å². The van der Waals surface area contributed by atoms with Crippen molar-refractivity contribution in [3.8, 4) is 0 Å². The number of carbonyl (C=O) groups excluding carboxylic acids is 1. The molecular formula is C21H30F3N2O7P. The van der Waals surface area contributed by atoms with Gasteiger partial charge >= 0.3 is 14.0 Å². The van der Waals surface area contributed by atoms with Crippen LogP contribution < -0.4 is 10.9 Å². The van der Waals surface area contributed by atoms with E-state index >= 15 is 0 Å². The van der Waals surface area contributed by atoms with E-state index in [0.29, 0.717) is 0 Å². The summed E-state index contributed by atoms with van der Waals surface area (Å²) in [6, 6.07) is 2.30. The largest absolute Gasteiger partial charge is 0.471 e. The molecule has 3 rings (SSSR count).